The van der Waals surface area contributed by atoms with E-state index in [9.17, 15) is 5.26 Å². The van der Waals surface area contributed by atoms with Crippen LogP contribution < -0.4 is 5.32 Å². The van der Waals surface area contributed by atoms with Gasteiger partial charge in [0.1, 0.15) is 5.54 Å². The maximum absolute atomic E-state index is 9.41. The largest absolute Gasteiger partial charge is 0.306 e. The zero-order valence-corrected chi connectivity index (χ0v) is 11.4. The Morgan fingerprint density at radius 1 is 1.39 bits per heavy atom. The molecule has 0 aliphatic carbocycles. The molecule has 0 atom stereocenters. The number of nitrogens with zero attached hydrogens (tertiary/aromatic N) is 2. The van der Waals surface area contributed by atoms with Gasteiger partial charge >= 0.3 is 0 Å². The molecule has 0 spiro atoms. The molecule has 4 heteroatoms. The number of nitriles is 1. The maximum atomic E-state index is 9.41. The molecule has 0 saturated carbocycles. The lowest BCUT2D eigenvalue weighted by Gasteiger charge is -2.36. The van der Waals surface area contributed by atoms with Crippen LogP contribution in [0.2, 0.25) is 5.02 Å². The average molecular weight is 264 g/mol. The summed E-state index contributed by atoms with van der Waals surface area (Å²) < 4.78 is 0. The Morgan fingerprint density at radius 2 is 2.06 bits per heavy atom. The van der Waals surface area contributed by atoms with Crippen molar-refractivity contribution in [1.82, 2.24) is 10.2 Å². The molecule has 0 amide bonds. The Morgan fingerprint density at radius 3 is 2.67 bits per heavy atom. The van der Waals surface area contributed by atoms with Gasteiger partial charge in [0.25, 0.3) is 0 Å². The summed E-state index contributed by atoms with van der Waals surface area (Å²) in [4.78, 5) is 2.26. The highest BCUT2D eigenvalue weighted by molar-refractivity contribution is 6.31. The van der Waals surface area contributed by atoms with Gasteiger partial charge in [-0.15, -0.1) is 0 Å². The summed E-state index contributed by atoms with van der Waals surface area (Å²) in [6.45, 7) is 2.57. The molecule has 1 aliphatic heterocycles. The van der Waals surface area contributed by atoms with Crippen molar-refractivity contribution in [2.75, 3.05) is 20.1 Å². The fraction of sp³-hybridized carbons (Fsp3) is 0.500. The van der Waals surface area contributed by atoms with Crippen LogP contribution in [0.4, 0.5) is 0 Å². The van der Waals surface area contributed by atoms with Crippen LogP contribution >= 0.6 is 11.6 Å². The summed E-state index contributed by atoms with van der Waals surface area (Å²) in [7, 11) is 2.09. The van der Waals surface area contributed by atoms with Crippen LogP contribution in [0, 0.1) is 11.3 Å². The lowest BCUT2D eigenvalue weighted by molar-refractivity contribution is 0.194. The van der Waals surface area contributed by atoms with Crippen molar-refractivity contribution in [2.45, 2.75) is 24.9 Å². The van der Waals surface area contributed by atoms with Crippen LogP contribution in [0.15, 0.2) is 24.3 Å². The predicted octanol–water partition coefficient (Wildman–Crippen LogP) is 2.42. The lowest BCUT2D eigenvalue weighted by Crippen LogP contribution is -2.51. The first kappa shape index (κ1) is 13.4. The zero-order valence-electron chi connectivity index (χ0n) is 10.6. The van der Waals surface area contributed by atoms with Gasteiger partial charge in [0, 0.05) is 24.7 Å². The molecule has 1 heterocycles. The summed E-state index contributed by atoms with van der Waals surface area (Å²) in [6.07, 6.45) is 1.73. The summed E-state index contributed by atoms with van der Waals surface area (Å²) >= 11 is 6.12. The van der Waals surface area contributed by atoms with Crippen LogP contribution in [-0.4, -0.2) is 30.6 Å². The third-order valence-corrected chi connectivity index (χ3v) is 4.00. The van der Waals surface area contributed by atoms with Crippen molar-refractivity contribution >= 4 is 11.6 Å². The maximum Gasteiger partial charge on any atom is 0.109 e. The molecule has 1 N–H and O–H groups in total. The van der Waals surface area contributed by atoms with E-state index in [4.69, 9.17) is 11.6 Å². The first-order valence-electron chi connectivity index (χ1n) is 6.23. The van der Waals surface area contributed by atoms with Gasteiger partial charge in [-0.1, -0.05) is 29.8 Å². The van der Waals surface area contributed by atoms with Crippen LogP contribution in [0.3, 0.4) is 0 Å². The molecule has 0 unspecified atom stereocenters. The lowest BCUT2D eigenvalue weighted by atomic mass is 9.89. The highest BCUT2D eigenvalue weighted by Crippen LogP contribution is 2.22. The van der Waals surface area contributed by atoms with Gasteiger partial charge in [0.2, 0.25) is 0 Å². The molecule has 1 saturated heterocycles. The van der Waals surface area contributed by atoms with Crippen molar-refractivity contribution in [3.05, 3.63) is 34.9 Å². The smallest absolute Gasteiger partial charge is 0.109 e. The van der Waals surface area contributed by atoms with E-state index in [2.05, 4.69) is 23.3 Å². The summed E-state index contributed by atoms with van der Waals surface area (Å²) in [5.74, 6) is 0. The molecule has 0 bridgehead atoms. The third-order valence-electron chi connectivity index (χ3n) is 3.63. The summed E-state index contributed by atoms with van der Waals surface area (Å²) in [5.41, 5.74) is 0.652. The molecule has 1 fully saturated rings. The van der Waals surface area contributed by atoms with Gasteiger partial charge in [-0.3, -0.25) is 5.32 Å². The molecule has 18 heavy (non-hydrogen) atoms. The summed E-state index contributed by atoms with van der Waals surface area (Å²) in [5, 5.41) is 13.6. The Balaban J connectivity index is 2.00. The second kappa shape index (κ2) is 5.71. The fourth-order valence-corrected chi connectivity index (χ4v) is 2.44. The standard InChI is InChI=1S/C14H18ClN3/c1-18-8-6-14(11-16,7-9-18)17-10-12-4-2-3-5-13(12)15/h2-5,17H,6-10H2,1H3. The Labute approximate surface area is 113 Å². The van der Waals surface area contributed by atoms with Crippen LogP contribution in [0.1, 0.15) is 18.4 Å². The topological polar surface area (TPSA) is 39.1 Å². The van der Waals surface area contributed by atoms with Crippen molar-refractivity contribution in [3.63, 3.8) is 0 Å². The first-order chi connectivity index (χ1) is 8.65. The van der Waals surface area contributed by atoms with E-state index in [1.54, 1.807) is 0 Å². The first-order valence-corrected chi connectivity index (χ1v) is 6.61. The molecule has 2 rings (SSSR count). The van der Waals surface area contributed by atoms with E-state index in [-0.39, 0.29) is 0 Å². The number of nitrogens with one attached hydrogen (secondary N) is 1. The number of benzene rings is 1. The number of rotatable bonds is 3. The normalized spacial score (nSPS) is 19.4. The van der Waals surface area contributed by atoms with Gasteiger partial charge in [-0.25, -0.2) is 0 Å². The van der Waals surface area contributed by atoms with Gasteiger partial charge in [0.05, 0.1) is 6.07 Å². The molecular formula is C14H18ClN3. The van der Waals surface area contributed by atoms with Crippen LogP contribution in [-0.2, 0) is 6.54 Å². The van der Waals surface area contributed by atoms with E-state index in [0.717, 1.165) is 36.5 Å². The molecular weight excluding hydrogens is 246 g/mol. The molecule has 1 aromatic rings. The van der Waals surface area contributed by atoms with Gasteiger partial charge in [-0.05, 0) is 31.5 Å². The Hall–Kier alpha value is -1.08. The van der Waals surface area contributed by atoms with Crippen LogP contribution in [0.5, 0.6) is 0 Å². The zero-order chi connectivity index (χ0) is 13.0. The molecule has 96 valence electrons. The molecule has 3 nitrogen and oxygen atoms in total. The van der Waals surface area contributed by atoms with E-state index in [1.165, 1.54) is 0 Å². The minimum Gasteiger partial charge on any atom is -0.306 e. The average Bonchev–Trinajstić information content (AvgIpc) is 2.40. The van der Waals surface area contributed by atoms with Crippen LogP contribution in [0.25, 0.3) is 0 Å². The van der Waals surface area contributed by atoms with E-state index < -0.39 is 5.54 Å². The Kier molecular flexibility index (Phi) is 4.23. The van der Waals surface area contributed by atoms with Crippen molar-refractivity contribution in [3.8, 4) is 6.07 Å². The van der Waals surface area contributed by atoms with Crippen molar-refractivity contribution in [2.24, 2.45) is 0 Å². The quantitative estimate of drug-likeness (QED) is 0.910. The minimum atomic E-state index is -0.397. The van der Waals surface area contributed by atoms with Crippen molar-refractivity contribution in [1.29, 1.82) is 5.26 Å². The van der Waals surface area contributed by atoms with Gasteiger partial charge < -0.3 is 4.90 Å². The molecule has 0 aromatic heterocycles. The number of piperidine rings is 1. The number of hydrogen-bond donors (Lipinski definition) is 1. The van der Waals surface area contributed by atoms with E-state index >= 15 is 0 Å². The fourth-order valence-electron chi connectivity index (χ4n) is 2.23. The number of likely N-dealkylation sites (tertiary alicyclic amines) is 1. The highest BCUT2D eigenvalue weighted by Gasteiger charge is 2.33. The molecule has 1 aliphatic rings. The monoisotopic (exact) mass is 263 g/mol. The van der Waals surface area contributed by atoms with Crippen molar-refractivity contribution < 1.29 is 0 Å². The summed E-state index contributed by atoms with van der Waals surface area (Å²) in [6, 6.07) is 10.2. The van der Waals surface area contributed by atoms with E-state index in [1.807, 2.05) is 24.3 Å². The van der Waals surface area contributed by atoms with E-state index in [0.29, 0.717) is 6.54 Å². The van der Waals surface area contributed by atoms with Gasteiger partial charge in [-0.2, -0.15) is 5.26 Å². The SMILES string of the molecule is CN1CCC(C#N)(NCc2ccccc2Cl)CC1. The second-order valence-electron chi connectivity index (χ2n) is 4.94. The number of halogens is 1. The minimum absolute atomic E-state index is 0.397. The third kappa shape index (κ3) is 3.02. The molecule has 1 aromatic carbocycles. The number of hydrogen-bond acceptors (Lipinski definition) is 3. The highest BCUT2D eigenvalue weighted by atomic mass is 35.5. The second-order valence-corrected chi connectivity index (χ2v) is 5.35. The Bertz CT molecular complexity index is 445. The molecule has 0 radical (unpaired) electrons. The predicted molar refractivity (Wildman–Crippen MR) is 73.4 cm³/mol. The van der Waals surface area contributed by atoms with Gasteiger partial charge in [0.15, 0.2) is 0 Å².